The van der Waals surface area contributed by atoms with Crippen molar-refractivity contribution in [3.8, 4) is 11.4 Å². The maximum Gasteiger partial charge on any atom is 0.153 e. The van der Waals surface area contributed by atoms with E-state index in [0.29, 0.717) is 5.82 Å². The molecule has 2 rings (SSSR count). The molecule has 0 fully saturated rings. The summed E-state index contributed by atoms with van der Waals surface area (Å²) in [6.07, 6.45) is 3.25. The molecule has 0 spiro atoms. The van der Waals surface area contributed by atoms with Gasteiger partial charge in [0.15, 0.2) is 5.82 Å². The molecule has 0 aromatic heterocycles. The number of rotatable bonds is 0. The Balaban J connectivity index is 2.80. The fraction of sp³-hybridized carbons (Fsp3) is 0. The second-order valence-electron chi connectivity index (χ2n) is 1.99. The topological polar surface area (TPSA) is 67.6 Å². The Morgan fingerprint density at radius 1 is 1.40 bits per heavy atom. The molecule has 0 aromatic rings. The van der Waals surface area contributed by atoms with Gasteiger partial charge in [0.05, 0.1) is 12.0 Å². The number of anilines is 1. The van der Waals surface area contributed by atoms with Gasteiger partial charge < -0.3 is 10.7 Å². The molecule has 0 saturated heterocycles. The van der Waals surface area contributed by atoms with Gasteiger partial charge in [-0.3, -0.25) is 4.98 Å². The Hall–Kier alpha value is -1.58. The van der Waals surface area contributed by atoms with E-state index in [4.69, 9.17) is 5.73 Å². The number of nitrogen functional groups attached to an aromatic ring is 1. The summed E-state index contributed by atoms with van der Waals surface area (Å²) in [5.41, 5.74) is 7.17. The lowest BCUT2D eigenvalue weighted by Crippen LogP contribution is -1.95. The molecular weight excluding hydrogens is 128 g/mol. The molecule has 2 aliphatic rings. The number of aromatic amines is 1. The first kappa shape index (κ1) is 5.22. The summed E-state index contributed by atoms with van der Waals surface area (Å²) in [4.78, 5) is 10.8. The molecule has 4 nitrogen and oxygen atoms in total. The first-order chi connectivity index (χ1) is 4.88. The first-order valence-corrected chi connectivity index (χ1v) is 2.91. The fourth-order valence-electron chi connectivity index (χ4n) is 0.888. The van der Waals surface area contributed by atoms with Gasteiger partial charge in [-0.2, -0.15) is 0 Å². The lowest BCUT2D eigenvalue weighted by Gasteiger charge is -1.97. The number of nitrogens with zero attached hydrogens (tertiary/aromatic N) is 2. The summed E-state index contributed by atoms with van der Waals surface area (Å²) < 4.78 is 0. The second-order valence-corrected chi connectivity index (χ2v) is 1.99. The van der Waals surface area contributed by atoms with Gasteiger partial charge in [0.25, 0.3) is 0 Å². The molecule has 0 saturated carbocycles. The fourth-order valence-corrected chi connectivity index (χ4v) is 0.888. The molecule has 0 amide bonds. The maximum atomic E-state index is 5.51. The summed E-state index contributed by atoms with van der Waals surface area (Å²) >= 11 is 0. The molecule has 0 unspecified atom stereocenters. The van der Waals surface area contributed by atoms with Crippen LogP contribution in [0.15, 0.2) is 18.6 Å². The lowest BCUT2D eigenvalue weighted by atomic mass is 10.3. The normalized spacial score (nSPS) is 10.4. The van der Waals surface area contributed by atoms with Crippen molar-refractivity contribution in [3.63, 3.8) is 0 Å². The number of nitrogens with two attached hydrogens (primary N) is 1. The van der Waals surface area contributed by atoms with Gasteiger partial charge in [0.2, 0.25) is 0 Å². The van der Waals surface area contributed by atoms with Crippen LogP contribution in [0.25, 0.3) is 11.4 Å². The first-order valence-electron chi connectivity index (χ1n) is 2.91. The van der Waals surface area contributed by atoms with Crippen LogP contribution < -0.4 is 5.73 Å². The summed E-state index contributed by atoms with van der Waals surface area (Å²) in [5, 5.41) is 0. The summed E-state index contributed by atoms with van der Waals surface area (Å²) in [7, 11) is 0. The van der Waals surface area contributed by atoms with Gasteiger partial charge in [-0.25, -0.2) is 4.98 Å². The van der Waals surface area contributed by atoms with E-state index < -0.39 is 0 Å². The minimum Gasteiger partial charge on any atom is -0.382 e. The minimum absolute atomic E-state index is 0.471. The molecule has 0 radical (unpaired) electrons. The van der Waals surface area contributed by atoms with Gasteiger partial charge in [-0.1, -0.05) is 0 Å². The van der Waals surface area contributed by atoms with E-state index in [1.807, 2.05) is 6.07 Å². The van der Waals surface area contributed by atoms with E-state index >= 15 is 0 Å². The van der Waals surface area contributed by atoms with Gasteiger partial charge in [-0.05, 0) is 6.07 Å². The van der Waals surface area contributed by atoms with Crippen molar-refractivity contribution in [1.82, 2.24) is 15.0 Å². The van der Waals surface area contributed by atoms with Crippen LogP contribution >= 0.6 is 0 Å². The zero-order valence-electron chi connectivity index (χ0n) is 5.20. The third kappa shape index (κ3) is 0.556. The van der Waals surface area contributed by atoms with Gasteiger partial charge in [0.1, 0.15) is 5.69 Å². The van der Waals surface area contributed by atoms with Crippen LogP contribution in [0.3, 0.4) is 0 Å². The van der Waals surface area contributed by atoms with E-state index in [2.05, 4.69) is 15.0 Å². The Morgan fingerprint density at radius 3 is 3.10 bits per heavy atom. The molecule has 0 atom stereocenters. The number of nitrogens with one attached hydrogen (secondary N) is 1. The SMILES string of the molecule is Nc1nc[nH]c2ccnc1-2. The predicted molar refractivity (Wildman–Crippen MR) is 37.4 cm³/mol. The van der Waals surface area contributed by atoms with Crippen molar-refractivity contribution < 1.29 is 0 Å². The van der Waals surface area contributed by atoms with E-state index in [0.717, 1.165) is 11.4 Å². The monoisotopic (exact) mass is 134 g/mol. The number of fused-ring (bicyclic) bond motifs is 1. The number of hydrogen-bond donors (Lipinski definition) is 2. The molecule has 3 N–H and O–H groups in total. The number of aromatic nitrogens is 3. The Bertz CT molecular complexity index is 314. The smallest absolute Gasteiger partial charge is 0.153 e. The zero-order chi connectivity index (χ0) is 6.97. The van der Waals surface area contributed by atoms with Crippen molar-refractivity contribution in [3.05, 3.63) is 18.6 Å². The van der Waals surface area contributed by atoms with Crippen molar-refractivity contribution in [2.24, 2.45) is 0 Å². The zero-order valence-corrected chi connectivity index (χ0v) is 5.20. The molecule has 50 valence electrons. The van der Waals surface area contributed by atoms with E-state index in [-0.39, 0.29) is 0 Å². The maximum absolute atomic E-state index is 5.51. The third-order valence-electron chi connectivity index (χ3n) is 1.37. The Labute approximate surface area is 57.5 Å². The van der Waals surface area contributed by atoms with Crippen LogP contribution in [0.4, 0.5) is 5.82 Å². The number of H-pyrrole nitrogens is 1. The molecule has 2 aliphatic heterocycles. The Morgan fingerprint density at radius 2 is 2.30 bits per heavy atom. The number of hydrogen-bond acceptors (Lipinski definition) is 3. The van der Waals surface area contributed by atoms with Crippen LogP contribution in [0.1, 0.15) is 0 Å². The van der Waals surface area contributed by atoms with Crippen LogP contribution in [-0.2, 0) is 0 Å². The van der Waals surface area contributed by atoms with Crippen LogP contribution in [-0.4, -0.2) is 15.0 Å². The molecular formula is C6H6N4. The van der Waals surface area contributed by atoms with Crippen LogP contribution in [0.2, 0.25) is 0 Å². The van der Waals surface area contributed by atoms with Crippen molar-refractivity contribution in [1.29, 1.82) is 0 Å². The third-order valence-corrected chi connectivity index (χ3v) is 1.37. The van der Waals surface area contributed by atoms with E-state index in [1.165, 1.54) is 0 Å². The van der Waals surface area contributed by atoms with Gasteiger partial charge in [0, 0.05) is 6.20 Å². The van der Waals surface area contributed by atoms with Crippen LogP contribution in [0.5, 0.6) is 0 Å². The molecule has 10 heavy (non-hydrogen) atoms. The summed E-state index contributed by atoms with van der Waals surface area (Å²) in [6.45, 7) is 0. The second kappa shape index (κ2) is 1.70. The van der Waals surface area contributed by atoms with Gasteiger partial charge in [-0.15, -0.1) is 0 Å². The molecule has 4 heteroatoms. The van der Waals surface area contributed by atoms with Crippen molar-refractivity contribution in [2.75, 3.05) is 5.73 Å². The highest BCUT2D eigenvalue weighted by Crippen LogP contribution is 2.19. The lowest BCUT2D eigenvalue weighted by molar-refractivity contribution is 1.16. The van der Waals surface area contributed by atoms with Crippen molar-refractivity contribution >= 4 is 5.82 Å². The standard InChI is InChI=1S/C6H6N4/c7-6-5-4(1-2-8-5)9-3-10-6/h1-3H,7H2,(H,9,10). The molecule has 2 heterocycles. The highest BCUT2D eigenvalue weighted by atomic mass is 15.0. The minimum atomic E-state index is 0.471. The quantitative estimate of drug-likeness (QED) is 0.551. The van der Waals surface area contributed by atoms with E-state index in [9.17, 15) is 0 Å². The highest BCUT2D eigenvalue weighted by molar-refractivity contribution is 5.67. The summed E-state index contributed by atoms with van der Waals surface area (Å²) in [6, 6.07) is 1.85. The molecule has 0 aliphatic carbocycles. The largest absolute Gasteiger partial charge is 0.382 e. The van der Waals surface area contributed by atoms with Gasteiger partial charge >= 0.3 is 0 Å². The summed E-state index contributed by atoms with van der Waals surface area (Å²) in [5.74, 6) is 0.471. The average Bonchev–Trinajstić information content (AvgIpc) is 2.36. The highest BCUT2D eigenvalue weighted by Gasteiger charge is 2.06. The molecule has 0 aromatic carbocycles. The Kier molecular flexibility index (Phi) is 0.887. The van der Waals surface area contributed by atoms with Crippen molar-refractivity contribution in [2.45, 2.75) is 0 Å². The predicted octanol–water partition coefficient (Wildman–Crippen LogP) is 0.492. The van der Waals surface area contributed by atoms with Crippen LogP contribution in [0, 0.1) is 0 Å². The molecule has 0 bridgehead atoms. The van der Waals surface area contributed by atoms with E-state index in [1.54, 1.807) is 12.5 Å². The average molecular weight is 134 g/mol.